The minimum absolute atomic E-state index is 0.298. The minimum atomic E-state index is -0.923. The summed E-state index contributed by atoms with van der Waals surface area (Å²) in [5.41, 5.74) is 1.54. The lowest BCUT2D eigenvalue weighted by atomic mass is 9.75. The largest absolute Gasteiger partial charge is 0.507 e. The highest BCUT2D eigenvalue weighted by molar-refractivity contribution is 5.96. The first kappa shape index (κ1) is 30.8. The van der Waals surface area contributed by atoms with E-state index in [4.69, 9.17) is 4.74 Å². The molecule has 4 atom stereocenters. The quantitative estimate of drug-likeness (QED) is 0.195. The number of unbranched alkanes of at least 4 members (excludes halogenated alkanes) is 6. The fraction of sp³-hybridized carbons (Fsp3) is 0.622. The zero-order valence-corrected chi connectivity index (χ0v) is 25.7. The summed E-state index contributed by atoms with van der Waals surface area (Å²) in [7, 11) is 1.67. The molecule has 2 N–H and O–H groups in total. The Bertz CT molecular complexity index is 1260. The summed E-state index contributed by atoms with van der Waals surface area (Å²) in [6.45, 7) is 7.49. The molecule has 0 bridgehead atoms. The molecule has 0 aromatic heterocycles. The number of methoxy groups -OCH3 is 1. The van der Waals surface area contributed by atoms with Crippen molar-refractivity contribution in [1.29, 1.82) is 0 Å². The Morgan fingerprint density at radius 1 is 0.850 bits per heavy atom. The van der Waals surface area contributed by atoms with Crippen LogP contribution in [0.25, 0.3) is 28.7 Å². The number of fused-ring (bicyclic) bond motifs is 5. The Hall–Kier alpha value is -2.10. The molecule has 3 heteroatoms. The number of ether oxygens (including phenoxy) is 1. The molecule has 3 nitrogen and oxygen atoms in total. The molecule has 0 fully saturated rings. The number of aliphatic hydroxyl groups is 2. The predicted octanol–water partition coefficient (Wildman–Crippen LogP) is 8.54. The molecule has 2 aliphatic rings. The van der Waals surface area contributed by atoms with E-state index < -0.39 is 5.60 Å². The first-order valence-corrected chi connectivity index (χ1v) is 16.3. The molecule has 0 spiro atoms. The molecule has 0 aliphatic heterocycles. The van der Waals surface area contributed by atoms with Crippen LogP contribution in [0.5, 0.6) is 0 Å². The Labute approximate surface area is 243 Å². The molecule has 2 aliphatic carbocycles. The van der Waals surface area contributed by atoms with Crippen LogP contribution in [0, 0.1) is 11.8 Å². The monoisotopic (exact) mass is 546 g/mol. The van der Waals surface area contributed by atoms with Crippen molar-refractivity contribution in [2.75, 3.05) is 13.7 Å². The molecule has 0 radical (unpaired) electrons. The van der Waals surface area contributed by atoms with Gasteiger partial charge >= 0.3 is 0 Å². The van der Waals surface area contributed by atoms with Crippen molar-refractivity contribution in [2.24, 2.45) is 11.8 Å². The van der Waals surface area contributed by atoms with Gasteiger partial charge in [-0.25, -0.2) is 0 Å². The Morgan fingerprint density at radius 3 is 2.25 bits per heavy atom. The van der Waals surface area contributed by atoms with E-state index in [1.54, 1.807) is 13.2 Å². The van der Waals surface area contributed by atoms with Crippen LogP contribution in [-0.2, 0) is 4.74 Å². The SMILES string of the molecule is CCCC(C)CCC(C)CCCCCCCCC[C@H]1CC(O)(COC)C=c2ccc3c4c(ccc3c21)=C(O)C=C4. The number of benzene rings is 2. The van der Waals surface area contributed by atoms with Crippen molar-refractivity contribution in [2.45, 2.75) is 122 Å². The van der Waals surface area contributed by atoms with Crippen LogP contribution in [0.2, 0.25) is 0 Å². The maximum Gasteiger partial charge on any atom is 0.123 e. The molecule has 2 aromatic carbocycles. The van der Waals surface area contributed by atoms with Crippen molar-refractivity contribution < 1.29 is 14.9 Å². The molecule has 0 heterocycles. The van der Waals surface area contributed by atoms with E-state index in [0.717, 1.165) is 34.3 Å². The summed E-state index contributed by atoms with van der Waals surface area (Å²) >= 11 is 0. The second kappa shape index (κ2) is 14.7. The molecular formula is C37H54O3. The van der Waals surface area contributed by atoms with Gasteiger partial charge in [0, 0.05) is 12.3 Å². The van der Waals surface area contributed by atoms with Crippen molar-refractivity contribution >= 4 is 28.7 Å². The molecule has 4 rings (SSSR count). The van der Waals surface area contributed by atoms with Crippen molar-refractivity contribution in [3.8, 4) is 0 Å². The van der Waals surface area contributed by atoms with E-state index in [1.807, 2.05) is 18.2 Å². The van der Waals surface area contributed by atoms with Crippen LogP contribution < -0.4 is 10.4 Å². The predicted molar refractivity (Wildman–Crippen MR) is 171 cm³/mol. The van der Waals surface area contributed by atoms with Crippen molar-refractivity contribution in [3.05, 3.63) is 51.9 Å². The van der Waals surface area contributed by atoms with Gasteiger partial charge in [-0.05, 0) is 75.9 Å². The summed E-state index contributed by atoms with van der Waals surface area (Å²) in [4.78, 5) is 0. The molecule has 3 unspecified atom stereocenters. The van der Waals surface area contributed by atoms with Gasteiger partial charge in [0.15, 0.2) is 0 Å². The topological polar surface area (TPSA) is 49.7 Å². The lowest BCUT2D eigenvalue weighted by molar-refractivity contribution is 0.00461. The second-order valence-electron chi connectivity index (χ2n) is 13.1. The Balaban J connectivity index is 1.28. The van der Waals surface area contributed by atoms with Crippen LogP contribution >= 0.6 is 0 Å². The van der Waals surface area contributed by atoms with Gasteiger partial charge in [0.05, 0.1) is 6.61 Å². The highest BCUT2D eigenvalue weighted by Crippen LogP contribution is 2.38. The van der Waals surface area contributed by atoms with E-state index in [1.165, 1.54) is 93.4 Å². The number of hydrogen-bond donors (Lipinski definition) is 2. The van der Waals surface area contributed by atoms with Crippen LogP contribution in [0.4, 0.5) is 0 Å². The standard InChI is InChI=1S/C37H54O3/c1-5-13-27(2)16-17-28(3)14-11-9-7-6-8-10-12-15-29-24-37(39,26-40-4)25-30-18-19-32-31-22-23-35(38)33(31)20-21-34(32)36(29)30/h18-23,25,27-29,38-39H,5-17,24,26H2,1-4H3/t27?,28?,29-,37?/m0/s1. The third-order valence-corrected chi connectivity index (χ3v) is 9.51. The molecule has 40 heavy (non-hydrogen) atoms. The third-order valence-electron chi connectivity index (χ3n) is 9.51. The number of hydrogen-bond acceptors (Lipinski definition) is 3. The van der Waals surface area contributed by atoms with Gasteiger partial charge in [-0.15, -0.1) is 0 Å². The van der Waals surface area contributed by atoms with Crippen LogP contribution in [0.15, 0.2) is 30.3 Å². The highest BCUT2D eigenvalue weighted by atomic mass is 16.5. The van der Waals surface area contributed by atoms with E-state index in [2.05, 4.69) is 39.0 Å². The van der Waals surface area contributed by atoms with Crippen LogP contribution in [-0.4, -0.2) is 29.5 Å². The Morgan fingerprint density at radius 2 is 1.52 bits per heavy atom. The molecular weight excluding hydrogens is 492 g/mol. The second-order valence-corrected chi connectivity index (χ2v) is 13.1. The van der Waals surface area contributed by atoms with E-state index >= 15 is 0 Å². The zero-order valence-electron chi connectivity index (χ0n) is 25.7. The maximum atomic E-state index is 11.4. The van der Waals surface area contributed by atoms with Gasteiger partial charge in [-0.1, -0.05) is 122 Å². The van der Waals surface area contributed by atoms with E-state index in [-0.39, 0.29) is 0 Å². The molecule has 0 saturated carbocycles. The lowest BCUT2D eigenvalue weighted by Gasteiger charge is -2.34. The summed E-state index contributed by atoms with van der Waals surface area (Å²) in [5, 5.41) is 26.1. The minimum Gasteiger partial charge on any atom is -0.507 e. The number of rotatable bonds is 17. The summed E-state index contributed by atoms with van der Waals surface area (Å²) in [6.07, 6.45) is 23.7. The average molecular weight is 547 g/mol. The third kappa shape index (κ3) is 7.79. The normalized spacial score (nSPS) is 21.3. The highest BCUT2D eigenvalue weighted by Gasteiger charge is 2.34. The van der Waals surface area contributed by atoms with Crippen LogP contribution in [0.3, 0.4) is 0 Å². The summed E-state index contributed by atoms with van der Waals surface area (Å²) in [5.74, 6) is 2.42. The lowest BCUT2D eigenvalue weighted by Crippen LogP contribution is -2.40. The van der Waals surface area contributed by atoms with Gasteiger partial charge in [0.25, 0.3) is 0 Å². The summed E-state index contributed by atoms with van der Waals surface area (Å²) in [6, 6.07) is 8.52. The summed E-state index contributed by atoms with van der Waals surface area (Å²) < 4.78 is 5.42. The molecule has 2 aromatic rings. The maximum absolute atomic E-state index is 11.4. The molecule has 220 valence electrons. The average Bonchev–Trinajstić information content (AvgIpc) is 3.31. The van der Waals surface area contributed by atoms with Crippen molar-refractivity contribution in [3.63, 3.8) is 0 Å². The number of aliphatic hydroxyl groups excluding tert-OH is 1. The van der Waals surface area contributed by atoms with Gasteiger partial charge in [0.2, 0.25) is 0 Å². The molecule has 0 amide bonds. The molecule has 0 saturated heterocycles. The smallest absolute Gasteiger partial charge is 0.123 e. The van der Waals surface area contributed by atoms with E-state index in [0.29, 0.717) is 24.7 Å². The Kier molecular flexibility index (Phi) is 11.3. The van der Waals surface area contributed by atoms with Gasteiger partial charge in [0.1, 0.15) is 11.4 Å². The first-order chi connectivity index (χ1) is 19.3. The first-order valence-electron chi connectivity index (χ1n) is 16.3. The van der Waals surface area contributed by atoms with Crippen molar-refractivity contribution in [1.82, 2.24) is 0 Å². The zero-order chi connectivity index (χ0) is 28.5. The fourth-order valence-corrected chi connectivity index (χ4v) is 7.30. The van der Waals surface area contributed by atoms with Crippen LogP contribution in [0.1, 0.15) is 128 Å². The van der Waals surface area contributed by atoms with Gasteiger partial charge < -0.3 is 14.9 Å². The van der Waals surface area contributed by atoms with Gasteiger partial charge in [-0.2, -0.15) is 0 Å². The fourth-order valence-electron chi connectivity index (χ4n) is 7.30. The van der Waals surface area contributed by atoms with E-state index in [9.17, 15) is 10.2 Å². The van der Waals surface area contributed by atoms with Gasteiger partial charge in [-0.3, -0.25) is 0 Å².